The lowest BCUT2D eigenvalue weighted by atomic mass is 9.99. The predicted octanol–water partition coefficient (Wildman–Crippen LogP) is 15.3. The van der Waals surface area contributed by atoms with Crippen LogP contribution in [0, 0.1) is 0 Å². The summed E-state index contributed by atoms with van der Waals surface area (Å²) in [5.74, 6) is 1.88. The molecule has 0 atom stereocenters. The normalized spacial score (nSPS) is 11.5. The van der Waals surface area contributed by atoms with Crippen LogP contribution in [0.1, 0.15) is 0 Å². The molecular formula is C57H36N4S. The van der Waals surface area contributed by atoms with Crippen molar-refractivity contribution in [2.24, 2.45) is 0 Å². The number of aromatic nitrogens is 4. The number of rotatable bonds is 7. The Morgan fingerprint density at radius 3 is 1.48 bits per heavy atom. The maximum Gasteiger partial charge on any atom is 0.164 e. The van der Waals surface area contributed by atoms with E-state index in [0.29, 0.717) is 17.5 Å². The zero-order chi connectivity index (χ0) is 41.0. The fraction of sp³-hybridized carbons (Fsp3) is 0. The van der Waals surface area contributed by atoms with Gasteiger partial charge in [-0.15, -0.1) is 11.3 Å². The fourth-order valence-electron chi connectivity index (χ4n) is 8.86. The average molecular weight is 809 g/mol. The molecule has 0 bridgehead atoms. The van der Waals surface area contributed by atoms with Crippen molar-refractivity contribution in [1.82, 2.24) is 19.5 Å². The number of benzene rings is 9. The van der Waals surface area contributed by atoms with Crippen LogP contribution < -0.4 is 0 Å². The second-order valence-electron chi connectivity index (χ2n) is 15.6. The first-order valence-electron chi connectivity index (χ1n) is 20.8. The molecule has 0 radical (unpaired) electrons. The molecule has 62 heavy (non-hydrogen) atoms. The van der Waals surface area contributed by atoms with E-state index >= 15 is 0 Å². The van der Waals surface area contributed by atoms with E-state index in [1.54, 1.807) is 0 Å². The van der Waals surface area contributed by atoms with Gasteiger partial charge in [-0.1, -0.05) is 170 Å². The predicted molar refractivity (Wildman–Crippen MR) is 260 cm³/mol. The van der Waals surface area contributed by atoms with Crippen molar-refractivity contribution in [3.8, 4) is 73.2 Å². The maximum absolute atomic E-state index is 5.18. The van der Waals surface area contributed by atoms with Crippen LogP contribution in [-0.2, 0) is 0 Å². The highest BCUT2D eigenvalue weighted by Gasteiger charge is 2.19. The Balaban J connectivity index is 1.04. The van der Waals surface area contributed by atoms with E-state index in [1.807, 2.05) is 35.6 Å². The highest BCUT2D eigenvalue weighted by molar-refractivity contribution is 7.26. The molecule has 0 saturated heterocycles. The van der Waals surface area contributed by atoms with E-state index in [1.165, 1.54) is 53.2 Å². The van der Waals surface area contributed by atoms with Gasteiger partial charge in [-0.2, -0.15) is 0 Å². The van der Waals surface area contributed by atoms with Crippen LogP contribution in [-0.4, -0.2) is 19.5 Å². The topological polar surface area (TPSA) is 43.6 Å². The molecule has 0 spiro atoms. The summed E-state index contributed by atoms with van der Waals surface area (Å²) < 4.78 is 5.01. The number of hydrogen-bond acceptors (Lipinski definition) is 4. The molecule has 0 aliphatic rings. The van der Waals surface area contributed by atoms with Crippen LogP contribution in [0.5, 0.6) is 0 Å². The van der Waals surface area contributed by atoms with Gasteiger partial charge in [-0.25, -0.2) is 15.0 Å². The van der Waals surface area contributed by atoms with Crippen LogP contribution in [0.15, 0.2) is 218 Å². The molecule has 5 heteroatoms. The molecule has 0 saturated carbocycles. The van der Waals surface area contributed by atoms with Crippen molar-refractivity contribution < 1.29 is 0 Å². The molecule has 290 valence electrons. The van der Waals surface area contributed by atoms with Crippen LogP contribution in [0.2, 0.25) is 0 Å². The van der Waals surface area contributed by atoms with E-state index in [-0.39, 0.29) is 0 Å². The standard InChI is InChI=1S/C57H36N4S/c1-4-15-37(16-5-1)40-21-12-22-43(33-40)56-58-55(39-19-8-3-9-20-39)59-57(60-56)44-23-13-24-45(34-44)61-51-31-29-41(38-17-6-2-7-18-38)35-49(51)50-36-42(30-32-52(50)61)46-26-14-27-48-47-25-10-11-28-53(47)62-54(46)48/h1-36H. The maximum atomic E-state index is 5.18. The smallest absolute Gasteiger partial charge is 0.164 e. The van der Waals surface area contributed by atoms with E-state index < -0.39 is 0 Å². The van der Waals surface area contributed by atoms with Gasteiger partial charge in [-0.3, -0.25) is 0 Å². The van der Waals surface area contributed by atoms with Gasteiger partial charge in [0, 0.05) is 53.3 Å². The number of nitrogens with zero attached hydrogens (tertiary/aromatic N) is 4. The molecule has 0 aliphatic carbocycles. The lowest BCUT2D eigenvalue weighted by Gasteiger charge is -2.12. The minimum absolute atomic E-state index is 0.617. The quantitative estimate of drug-likeness (QED) is 0.161. The Bertz CT molecular complexity index is 3630. The summed E-state index contributed by atoms with van der Waals surface area (Å²) >= 11 is 1.87. The van der Waals surface area contributed by atoms with Crippen LogP contribution in [0.4, 0.5) is 0 Å². The molecule has 9 aromatic carbocycles. The summed E-state index contributed by atoms with van der Waals surface area (Å²) in [6, 6.07) is 77.5. The molecule has 0 unspecified atom stereocenters. The second kappa shape index (κ2) is 14.9. The summed E-state index contributed by atoms with van der Waals surface area (Å²) in [6.45, 7) is 0. The monoisotopic (exact) mass is 808 g/mol. The van der Waals surface area contributed by atoms with Crippen LogP contribution in [0.25, 0.3) is 115 Å². The largest absolute Gasteiger partial charge is 0.309 e. The summed E-state index contributed by atoms with van der Waals surface area (Å²) in [4.78, 5) is 15.4. The Labute approximate surface area is 362 Å². The van der Waals surface area contributed by atoms with Crippen molar-refractivity contribution >= 4 is 53.3 Å². The van der Waals surface area contributed by atoms with Crippen molar-refractivity contribution in [3.63, 3.8) is 0 Å². The first kappa shape index (κ1) is 35.9. The molecule has 3 heterocycles. The third-order valence-electron chi connectivity index (χ3n) is 11.8. The lowest BCUT2D eigenvalue weighted by Crippen LogP contribution is -2.01. The number of fused-ring (bicyclic) bond motifs is 6. The van der Waals surface area contributed by atoms with Gasteiger partial charge in [0.25, 0.3) is 0 Å². The second-order valence-corrected chi connectivity index (χ2v) is 16.7. The molecule has 0 amide bonds. The Kier molecular flexibility index (Phi) is 8.65. The molecule has 4 nitrogen and oxygen atoms in total. The van der Waals surface area contributed by atoms with E-state index in [2.05, 4.69) is 199 Å². The minimum Gasteiger partial charge on any atom is -0.309 e. The van der Waals surface area contributed by atoms with Gasteiger partial charge in [0.2, 0.25) is 0 Å². The van der Waals surface area contributed by atoms with Gasteiger partial charge in [0.05, 0.1) is 11.0 Å². The number of hydrogen-bond donors (Lipinski definition) is 0. The first-order valence-corrected chi connectivity index (χ1v) is 21.7. The molecular weight excluding hydrogens is 773 g/mol. The van der Waals surface area contributed by atoms with Crippen molar-refractivity contribution in [3.05, 3.63) is 218 Å². The highest BCUT2D eigenvalue weighted by Crippen LogP contribution is 2.43. The summed E-state index contributed by atoms with van der Waals surface area (Å²) in [7, 11) is 0. The Morgan fingerprint density at radius 2 is 0.790 bits per heavy atom. The lowest BCUT2D eigenvalue weighted by molar-refractivity contribution is 1.07. The highest BCUT2D eigenvalue weighted by atomic mass is 32.1. The molecule has 12 rings (SSSR count). The van der Waals surface area contributed by atoms with Gasteiger partial charge in [0.15, 0.2) is 17.5 Å². The van der Waals surface area contributed by atoms with Crippen molar-refractivity contribution in [2.75, 3.05) is 0 Å². The van der Waals surface area contributed by atoms with Gasteiger partial charge in [-0.05, 0) is 81.9 Å². The molecule has 0 N–H and O–H groups in total. The molecule has 0 aliphatic heterocycles. The molecule has 3 aromatic heterocycles. The third kappa shape index (κ3) is 6.26. The van der Waals surface area contributed by atoms with Gasteiger partial charge >= 0.3 is 0 Å². The van der Waals surface area contributed by atoms with Crippen LogP contribution in [0.3, 0.4) is 0 Å². The van der Waals surface area contributed by atoms with Crippen molar-refractivity contribution in [2.45, 2.75) is 0 Å². The zero-order valence-corrected chi connectivity index (χ0v) is 34.3. The zero-order valence-electron chi connectivity index (χ0n) is 33.5. The SMILES string of the molecule is c1ccc(-c2cccc(-c3nc(-c4ccccc4)nc(-c4cccc(-n5c6ccc(-c7ccccc7)cc6c6cc(-c7cccc8c7sc7ccccc78)ccc65)c4)n3)c2)cc1. The van der Waals surface area contributed by atoms with Crippen molar-refractivity contribution in [1.29, 1.82) is 0 Å². The van der Waals surface area contributed by atoms with Crippen LogP contribution >= 0.6 is 11.3 Å². The van der Waals surface area contributed by atoms with E-state index in [0.717, 1.165) is 44.5 Å². The first-order chi connectivity index (χ1) is 30.7. The third-order valence-corrected chi connectivity index (χ3v) is 13.1. The average Bonchev–Trinajstić information content (AvgIpc) is 3.90. The Hall–Kier alpha value is -7.99. The summed E-state index contributed by atoms with van der Waals surface area (Å²) in [6.07, 6.45) is 0. The summed E-state index contributed by atoms with van der Waals surface area (Å²) in [5, 5.41) is 5.01. The number of thiophene rings is 1. The fourth-order valence-corrected chi connectivity index (χ4v) is 10.1. The molecule has 12 aromatic rings. The molecule has 0 fully saturated rings. The minimum atomic E-state index is 0.617. The van der Waals surface area contributed by atoms with E-state index in [9.17, 15) is 0 Å². The van der Waals surface area contributed by atoms with Gasteiger partial charge in [0.1, 0.15) is 0 Å². The van der Waals surface area contributed by atoms with Gasteiger partial charge < -0.3 is 4.57 Å². The van der Waals surface area contributed by atoms with E-state index in [4.69, 9.17) is 15.0 Å². The Morgan fingerprint density at radius 1 is 0.306 bits per heavy atom. The summed E-state index contributed by atoms with van der Waals surface area (Å²) in [5.41, 5.74) is 13.2.